The SMILES string of the molecule is COc1cccc([C@H](C)NC[C@@H](O)[C@H](Cc2ccccc2)NC(=O)c2cc(C(=O)N(C)Cc3nc(C)cs3)cc(-c3ncco3)c2)c1. The average molecular weight is 654 g/mol. The molecule has 10 nitrogen and oxygen atoms in total. The fraction of sp³-hybridized carbons (Fsp3) is 0.278. The molecule has 5 aromatic rings. The summed E-state index contributed by atoms with van der Waals surface area (Å²) in [5.41, 5.74) is 3.89. The quantitative estimate of drug-likeness (QED) is 0.145. The van der Waals surface area contributed by atoms with Crippen molar-refractivity contribution in [2.75, 3.05) is 20.7 Å². The second-order valence-electron chi connectivity index (χ2n) is 11.4. The maximum atomic E-state index is 13.9. The van der Waals surface area contributed by atoms with Crippen molar-refractivity contribution in [3.8, 4) is 17.2 Å². The van der Waals surface area contributed by atoms with Crippen LogP contribution in [0.15, 0.2) is 95.1 Å². The van der Waals surface area contributed by atoms with Gasteiger partial charge in [0, 0.05) is 47.4 Å². The van der Waals surface area contributed by atoms with Crippen LogP contribution in [0.4, 0.5) is 0 Å². The highest BCUT2D eigenvalue weighted by Gasteiger charge is 2.25. The maximum Gasteiger partial charge on any atom is 0.254 e. The second-order valence-corrected chi connectivity index (χ2v) is 12.4. The number of aliphatic hydroxyl groups excluding tert-OH is 1. The first kappa shape index (κ1) is 33.5. The van der Waals surface area contributed by atoms with Gasteiger partial charge in [0.2, 0.25) is 5.89 Å². The van der Waals surface area contributed by atoms with Gasteiger partial charge in [-0.3, -0.25) is 9.59 Å². The van der Waals surface area contributed by atoms with Crippen molar-refractivity contribution < 1.29 is 23.8 Å². The van der Waals surface area contributed by atoms with Crippen LogP contribution in [0.5, 0.6) is 5.75 Å². The normalized spacial score (nSPS) is 13.0. The Balaban J connectivity index is 1.37. The molecular formula is C36H39N5O5S. The number of carbonyl (C=O) groups excluding carboxylic acids is 2. The Bertz CT molecular complexity index is 1780. The molecule has 0 radical (unpaired) electrons. The van der Waals surface area contributed by atoms with Gasteiger partial charge in [0.1, 0.15) is 17.0 Å². The van der Waals surface area contributed by atoms with Crippen LogP contribution in [0, 0.1) is 6.92 Å². The Morgan fingerprint density at radius 3 is 2.55 bits per heavy atom. The smallest absolute Gasteiger partial charge is 0.254 e. The first-order chi connectivity index (χ1) is 22.7. The van der Waals surface area contributed by atoms with Gasteiger partial charge in [-0.25, -0.2) is 9.97 Å². The Kier molecular flexibility index (Phi) is 11.2. The molecule has 2 aromatic heterocycles. The molecule has 2 heterocycles. The van der Waals surface area contributed by atoms with Crippen LogP contribution in [0.1, 0.15) is 55.5 Å². The van der Waals surface area contributed by atoms with Gasteiger partial charge in [0.05, 0.1) is 32.0 Å². The van der Waals surface area contributed by atoms with Crippen LogP contribution in [-0.2, 0) is 13.0 Å². The number of oxazole rings is 1. The molecule has 0 saturated heterocycles. The van der Waals surface area contributed by atoms with Crippen molar-refractivity contribution >= 4 is 23.2 Å². The lowest BCUT2D eigenvalue weighted by Crippen LogP contribution is -2.49. The summed E-state index contributed by atoms with van der Waals surface area (Å²) in [6.07, 6.45) is 2.40. The molecule has 0 spiro atoms. The van der Waals surface area contributed by atoms with Gasteiger partial charge in [-0.2, -0.15) is 0 Å². The molecule has 2 amide bonds. The lowest BCUT2D eigenvalue weighted by molar-refractivity contribution is 0.0784. The van der Waals surface area contributed by atoms with Crippen LogP contribution in [-0.4, -0.2) is 64.6 Å². The Hall–Kier alpha value is -4.84. The minimum absolute atomic E-state index is 0.0795. The van der Waals surface area contributed by atoms with Gasteiger partial charge in [-0.1, -0.05) is 42.5 Å². The van der Waals surface area contributed by atoms with Gasteiger partial charge in [0.25, 0.3) is 11.8 Å². The van der Waals surface area contributed by atoms with E-state index in [2.05, 4.69) is 20.6 Å². The number of ether oxygens (including phenoxy) is 1. The van der Waals surface area contributed by atoms with Gasteiger partial charge >= 0.3 is 0 Å². The van der Waals surface area contributed by atoms with E-state index in [9.17, 15) is 14.7 Å². The van der Waals surface area contributed by atoms with E-state index in [0.717, 1.165) is 27.6 Å². The lowest BCUT2D eigenvalue weighted by Gasteiger charge is -2.26. The van der Waals surface area contributed by atoms with Gasteiger partial charge in [-0.15, -0.1) is 11.3 Å². The number of benzene rings is 3. The zero-order valence-corrected chi connectivity index (χ0v) is 27.7. The number of nitrogens with zero attached hydrogens (tertiary/aromatic N) is 3. The van der Waals surface area contributed by atoms with E-state index in [0.29, 0.717) is 24.1 Å². The summed E-state index contributed by atoms with van der Waals surface area (Å²) in [4.78, 5) is 37.8. The number of carbonyl (C=O) groups is 2. The number of hydrogen-bond acceptors (Lipinski definition) is 9. The number of aromatic nitrogens is 2. The molecule has 3 atom stereocenters. The number of aliphatic hydroxyl groups is 1. The summed E-state index contributed by atoms with van der Waals surface area (Å²) >= 11 is 1.49. The molecular weight excluding hydrogens is 614 g/mol. The summed E-state index contributed by atoms with van der Waals surface area (Å²) in [5, 5.41) is 20.6. The van der Waals surface area contributed by atoms with Crippen LogP contribution in [0.2, 0.25) is 0 Å². The summed E-state index contributed by atoms with van der Waals surface area (Å²) in [5.74, 6) is 0.312. The maximum absolute atomic E-state index is 13.9. The van der Waals surface area contributed by atoms with E-state index in [1.807, 2.05) is 73.8 Å². The van der Waals surface area contributed by atoms with Crippen LogP contribution in [0.3, 0.4) is 0 Å². The van der Waals surface area contributed by atoms with Crippen molar-refractivity contribution in [2.45, 2.75) is 45.0 Å². The third-order valence-corrected chi connectivity index (χ3v) is 8.76. The molecule has 0 aliphatic heterocycles. The number of amides is 2. The fourth-order valence-corrected chi connectivity index (χ4v) is 6.04. The molecule has 0 fully saturated rings. The van der Waals surface area contributed by atoms with E-state index < -0.39 is 18.1 Å². The molecule has 11 heteroatoms. The predicted molar refractivity (Wildman–Crippen MR) is 181 cm³/mol. The third-order valence-electron chi connectivity index (χ3n) is 7.81. The largest absolute Gasteiger partial charge is 0.497 e. The molecule has 3 aromatic carbocycles. The highest BCUT2D eigenvalue weighted by Crippen LogP contribution is 2.24. The van der Waals surface area contributed by atoms with E-state index in [-0.39, 0.29) is 29.9 Å². The van der Waals surface area contributed by atoms with Crippen LogP contribution < -0.4 is 15.4 Å². The highest BCUT2D eigenvalue weighted by molar-refractivity contribution is 7.09. The molecule has 3 N–H and O–H groups in total. The zero-order chi connectivity index (χ0) is 33.3. The Morgan fingerprint density at radius 2 is 1.85 bits per heavy atom. The molecule has 5 rings (SSSR count). The minimum Gasteiger partial charge on any atom is -0.497 e. The summed E-state index contributed by atoms with van der Waals surface area (Å²) < 4.78 is 10.9. The van der Waals surface area contributed by atoms with Crippen molar-refractivity contribution in [3.05, 3.63) is 124 Å². The number of aryl methyl sites for hydroxylation is 1. The summed E-state index contributed by atoms with van der Waals surface area (Å²) in [6, 6.07) is 21.5. The van der Waals surface area contributed by atoms with E-state index in [1.54, 1.807) is 37.3 Å². The zero-order valence-electron chi connectivity index (χ0n) is 26.8. The Labute approximate surface area is 278 Å². The molecule has 0 aliphatic rings. The van der Waals surface area contributed by atoms with Crippen LogP contribution in [0.25, 0.3) is 11.5 Å². The number of methoxy groups -OCH3 is 1. The molecule has 0 unspecified atom stereocenters. The lowest BCUT2D eigenvalue weighted by atomic mass is 9.99. The number of hydrogen-bond donors (Lipinski definition) is 3. The summed E-state index contributed by atoms with van der Waals surface area (Å²) in [7, 11) is 3.32. The number of nitrogens with one attached hydrogen (secondary N) is 2. The molecule has 0 bridgehead atoms. The molecule has 47 heavy (non-hydrogen) atoms. The van der Waals surface area contributed by atoms with Gasteiger partial charge in [-0.05, 0) is 61.7 Å². The van der Waals surface area contributed by atoms with Crippen molar-refractivity contribution in [2.24, 2.45) is 0 Å². The van der Waals surface area contributed by atoms with E-state index in [1.165, 1.54) is 23.8 Å². The van der Waals surface area contributed by atoms with E-state index in [4.69, 9.17) is 9.15 Å². The standard InChI is InChI=1S/C36H39N5O5S/c1-23-22-47-33(39-23)21-41(3)36(44)29-17-27(16-28(18-29)35-37-13-14-46-35)34(43)40-31(15-25-9-6-5-7-10-25)32(42)20-38-24(2)26-11-8-12-30(19-26)45-4/h5-14,16-19,22,24,31-32,38,42H,15,20-21H2,1-4H3,(H,40,43)/t24-,31-,32+/m0/s1. The van der Waals surface area contributed by atoms with Crippen molar-refractivity contribution in [1.29, 1.82) is 0 Å². The van der Waals surface area contributed by atoms with Crippen molar-refractivity contribution in [1.82, 2.24) is 25.5 Å². The highest BCUT2D eigenvalue weighted by atomic mass is 32.1. The number of rotatable bonds is 14. The fourth-order valence-electron chi connectivity index (χ4n) is 5.21. The first-order valence-electron chi connectivity index (χ1n) is 15.3. The van der Waals surface area contributed by atoms with Crippen molar-refractivity contribution in [3.63, 3.8) is 0 Å². The van der Waals surface area contributed by atoms with Crippen LogP contribution >= 0.6 is 11.3 Å². The molecule has 0 saturated carbocycles. The minimum atomic E-state index is -0.934. The monoisotopic (exact) mass is 653 g/mol. The first-order valence-corrected chi connectivity index (χ1v) is 16.2. The van der Waals surface area contributed by atoms with Gasteiger partial charge < -0.3 is 29.8 Å². The third kappa shape index (κ3) is 8.91. The Morgan fingerprint density at radius 1 is 1.06 bits per heavy atom. The van der Waals surface area contributed by atoms with Gasteiger partial charge in [0.15, 0.2) is 0 Å². The summed E-state index contributed by atoms with van der Waals surface area (Å²) in [6.45, 7) is 4.46. The molecule has 244 valence electrons. The number of thiazole rings is 1. The molecule has 0 aliphatic carbocycles. The predicted octanol–water partition coefficient (Wildman–Crippen LogP) is 5.44. The topological polar surface area (TPSA) is 130 Å². The second kappa shape index (κ2) is 15.6. The van der Waals surface area contributed by atoms with E-state index >= 15 is 0 Å². The average Bonchev–Trinajstić information content (AvgIpc) is 3.78.